The van der Waals surface area contributed by atoms with Gasteiger partial charge in [-0.3, -0.25) is 9.78 Å². The number of hydrogen-bond acceptors (Lipinski definition) is 6. The van der Waals surface area contributed by atoms with Crippen LogP contribution in [-0.2, 0) is 17.9 Å². The molecule has 0 bridgehead atoms. The molecule has 0 amide bonds. The number of rotatable bonds is 3. The van der Waals surface area contributed by atoms with E-state index >= 15 is 0 Å². The molecule has 0 saturated carbocycles. The molecule has 4 rings (SSSR count). The minimum atomic E-state index is -5.08. The Hall–Kier alpha value is -3.89. The number of ether oxygens (including phenoxy) is 1. The molecular weight excluding hydrogens is 417 g/mol. The topological polar surface area (TPSA) is 108 Å². The molecule has 162 valence electrons. The number of nitrogens with zero attached hydrogens (tertiary/aromatic N) is 3. The second-order valence-corrected chi connectivity index (χ2v) is 6.55. The smallest absolute Gasteiger partial charge is 0.475 e. The van der Waals surface area contributed by atoms with E-state index in [2.05, 4.69) is 26.1 Å². The molecule has 2 N–H and O–H groups in total. The highest BCUT2D eigenvalue weighted by Crippen LogP contribution is 2.36. The highest BCUT2D eigenvalue weighted by Gasteiger charge is 2.38. The van der Waals surface area contributed by atoms with Crippen LogP contribution in [0.2, 0.25) is 0 Å². The first-order chi connectivity index (χ1) is 14.7. The average Bonchev–Trinajstić information content (AvgIpc) is 3.16. The Morgan fingerprint density at radius 1 is 1.19 bits per heavy atom. The van der Waals surface area contributed by atoms with Crippen molar-refractivity contribution in [3.63, 3.8) is 0 Å². The van der Waals surface area contributed by atoms with E-state index < -0.39 is 12.1 Å². The molecule has 11 heteroatoms. The number of aromatic amines is 1. The maximum absolute atomic E-state index is 11.8. The van der Waals surface area contributed by atoms with E-state index in [1.807, 2.05) is 31.2 Å². The summed E-state index contributed by atoms with van der Waals surface area (Å²) in [5.74, 6) is -1.17. The molecule has 0 radical (unpaired) electrons. The summed E-state index contributed by atoms with van der Waals surface area (Å²) >= 11 is 0. The predicted octanol–water partition coefficient (Wildman–Crippen LogP) is 3.42. The number of carboxylic acid groups (broad SMARTS) is 1. The van der Waals surface area contributed by atoms with E-state index in [0.29, 0.717) is 12.1 Å². The third kappa shape index (κ3) is 5.18. The van der Waals surface area contributed by atoms with Crippen LogP contribution < -0.4 is 15.2 Å². The van der Waals surface area contributed by atoms with E-state index in [9.17, 15) is 18.0 Å². The number of H-pyrrole nitrogens is 1. The summed E-state index contributed by atoms with van der Waals surface area (Å²) in [6.45, 7) is 3.23. The molecule has 0 saturated heterocycles. The Bertz CT molecular complexity index is 1130. The zero-order valence-electron chi connectivity index (χ0n) is 16.2. The van der Waals surface area contributed by atoms with Gasteiger partial charge in [0.2, 0.25) is 0 Å². The van der Waals surface area contributed by atoms with Crippen molar-refractivity contribution in [2.45, 2.75) is 26.2 Å². The lowest BCUT2D eigenvalue weighted by Gasteiger charge is -2.18. The summed E-state index contributed by atoms with van der Waals surface area (Å²) in [7, 11) is 0. The minimum absolute atomic E-state index is 0.156. The Kier molecular flexibility index (Phi) is 6.23. The molecule has 0 unspecified atom stereocenters. The molecule has 0 atom stereocenters. The fourth-order valence-corrected chi connectivity index (χ4v) is 2.96. The number of aromatic nitrogens is 3. The molecule has 8 nitrogen and oxygen atoms in total. The fraction of sp³-hybridized carbons (Fsp3) is 0.200. The molecule has 1 aliphatic rings. The lowest BCUT2D eigenvalue weighted by Crippen LogP contribution is -2.21. The molecule has 0 aliphatic carbocycles. The summed E-state index contributed by atoms with van der Waals surface area (Å²) in [5, 5.41) is 13.5. The largest absolute Gasteiger partial charge is 0.490 e. The van der Waals surface area contributed by atoms with Gasteiger partial charge in [0, 0.05) is 36.6 Å². The Morgan fingerprint density at radius 3 is 2.52 bits per heavy atom. The SMILES string of the molecule is Cc1c(N2Cc3cccc(Oc4ccncc4)c3C2)cn[nH]c1=O.O=C(O)C(F)(F)F. The summed E-state index contributed by atoms with van der Waals surface area (Å²) < 4.78 is 37.7. The van der Waals surface area contributed by atoms with Gasteiger partial charge in [0.1, 0.15) is 11.5 Å². The highest BCUT2D eigenvalue weighted by atomic mass is 19.4. The average molecular weight is 434 g/mol. The van der Waals surface area contributed by atoms with Crippen molar-refractivity contribution < 1.29 is 27.8 Å². The van der Waals surface area contributed by atoms with Gasteiger partial charge in [-0.25, -0.2) is 9.89 Å². The van der Waals surface area contributed by atoms with Gasteiger partial charge in [0.15, 0.2) is 0 Å². The number of aliphatic carboxylic acids is 1. The van der Waals surface area contributed by atoms with Crippen molar-refractivity contribution >= 4 is 11.7 Å². The lowest BCUT2D eigenvalue weighted by molar-refractivity contribution is -0.192. The van der Waals surface area contributed by atoms with Gasteiger partial charge in [-0.15, -0.1) is 0 Å². The molecule has 1 aromatic carbocycles. The van der Waals surface area contributed by atoms with Gasteiger partial charge >= 0.3 is 12.1 Å². The number of carboxylic acids is 1. The number of nitrogens with one attached hydrogen (secondary N) is 1. The van der Waals surface area contributed by atoms with Crippen LogP contribution in [0, 0.1) is 6.92 Å². The zero-order chi connectivity index (χ0) is 22.6. The van der Waals surface area contributed by atoms with Crippen molar-refractivity contribution in [1.82, 2.24) is 15.2 Å². The van der Waals surface area contributed by atoms with Gasteiger partial charge in [-0.1, -0.05) is 12.1 Å². The number of pyridine rings is 1. The molecule has 3 aromatic rings. The van der Waals surface area contributed by atoms with Crippen LogP contribution >= 0.6 is 0 Å². The van der Waals surface area contributed by atoms with Crippen LogP contribution in [0.15, 0.2) is 53.7 Å². The van der Waals surface area contributed by atoms with Crippen LogP contribution in [0.3, 0.4) is 0 Å². The number of hydrogen-bond donors (Lipinski definition) is 2. The van der Waals surface area contributed by atoms with Crippen LogP contribution in [0.25, 0.3) is 0 Å². The summed E-state index contributed by atoms with van der Waals surface area (Å²) in [6, 6.07) is 9.70. The first-order valence-electron chi connectivity index (χ1n) is 8.95. The molecule has 2 aromatic heterocycles. The quantitative estimate of drug-likeness (QED) is 0.650. The number of benzene rings is 1. The van der Waals surface area contributed by atoms with E-state index in [1.165, 1.54) is 5.56 Å². The van der Waals surface area contributed by atoms with E-state index in [4.69, 9.17) is 14.6 Å². The molecule has 3 heterocycles. The first kappa shape index (κ1) is 21.8. The van der Waals surface area contributed by atoms with Crippen LogP contribution in [0.5, 0.6) is 11.5 Å². The normalized spacial score (nSPS) is 12.6. The van der Waals surface area contributed by atoms with Crippen molar-refractivity contribution in [3.05, 3.63) is 76.0 Å². The van der Waals surface area contributed by atoms with Gasteiger partial charge in [-0.2, -0.15) is 18.3 Å². The van der Waals surface area contributed by atoms with Crippen LogP contribution in [0.1, 0.15) is 16.7 Å². The highest BCUT2D eigenvalue weighted by molar-refractivity contribution is 5.73. The second-order valence-electron chi connectivity index (χ2n) is 6.55. The van der Waals surface area contributed by atoms with Crippen LogP contribution in [0.4, 0.5) is 18.9 Å². The minimum Gasteiger partial charge on any atom is -0.475 e. The molecule has 31 heavy (non-hydrogen) atoms. The van der Waals surface area contributed by atoms with E-state index in [0.717, 1.165) is 29.3 Å². The summed E-state index contributed by atoms with van der Waals surface area (Å²) in [6.07, 6.45) is 0.0260. The number of fused-ring (bicyclic) bond motifs is 1. The van der Waals surface area contributed by atoms with Crippen molar-refractivity contribution in [1.29, 1.82) is 0 Å². The lowest BCUT2D eigenvalue weighted by atomic mass is 10.1. The number of halogens is 3. The number of anilines is 1. The second kappa shape index (κ2) is 8.86. The van der Waals surface area contributed by atoms with Gasteiger partial charge in [0.05, 0.1) is 11.9 Å². The van der Waals surface area contributed by atoms with E-state index in [1.54, 1.807) is 18.6 Å². The van der Waals surface area contributed by atoms with Crippen molar-refractivity contribution in [2.24, 2.45) is 0 Å². The van der Waals surface area contributed by atoms with Crippen molar-refractivity contribution in [3.8, 4) is 11.5 Å². The van der Waals surface area contributed by atoms with Crippen LogP contribution in [-0.4, -0.2) is 32.4 Å². The molecule has 0 fully saturated rings. The first-order valence-corrected chi connectivity index (χ1v) is 8.95. The maximum atomic E-state index is 11.8. The predicted molar refractivity (Wildman–Crippen MR) is 104 cm³/mol. The van der Waals surface area contributed by atoms with Gasteiger partial charge in [0.25, 0.3) is 5.56 Å². The Morgan fingerprint density at radius 2 is 1.87 bits per heavy atom. The molecule has 0 spiro atoms. The fourth-order valence-electron chi connectivity index (χ4n) is 2.96. The third-order valence-corrected chi connectivity index (χ3v) is 4.48. The number of alkyl halides is 3. The molecule has 1 aliphatic heterocycles. The Balaban J connectivity index is 0.000000339. The van der Waals surface area contributed by atoms with Gasteiger partial charge < -0.3 is 14.7 Å². The molecular formula is C20H17F3N4O4. The summed E-state index contributed by atoms with van der Waals surface area (Å²) in [4.78, 5) is 26.8. The zero-order valence-corrected chi connectivity index (χ0v) is 16.2. The van der Waals surface area contributed by atoms with E-state index in [-0.39, 0.29) is 5.56 Å². The van der Waals surface area contributed by atoms with Gasteiger partial charge in [-0.05, 0) is 30.7 Å². The van der Waals surface area contributed by atoms with Crippen molar-refractivity contribution in [2.75, 3.05) is 4.90 Å². The Labute approximate surface area is 173 Å². The number of carbonyl (C=O) groups is 1. The monoisotopic (exact) mass is 434 g/mol. The summed E-state index contributed by atoms with van der Waals surface area (Å²) in [5.41, 5.74) is 3.70. The standard InChI is InChI=1S/C18H16N4O2.C2HF3O2/c1-12-16(9-20-21-18(12)23)22-10-13-3-2-4-17(15(13)11-22)24-14-5-7-19-8-6-14;3-2(4,5)1(6)7/h2-9H,10-11H2,1H3,(H,21,23);(H,6,7). The third-order valence-electron chi connectivity index (χ3n) is 4.48. The maximum Gasteiger partial charge on any atom is 0.490 e.